The van der Waals surface area contributed by atoms with Crippen LogP contribution in [-0.4, -0.2) is 9.55 Å². The van der Waals surface area contributed by atoms with Crippen LogP contribution in [0.15, 0.2) is 65.1 Å². The molecule has 0 spiro atoms. The Balaban J connectivity index is 2.00. The third-order valence-electron chi connectivity index (χ3n) is 3.47. The van der Waals surface area contributed by atoms with Gasteiger partial charge in [-0.25, -0.2) is 9.37 Å². The molecule has 0 saturated carbocycles. The second-order valence-corrected chi connectivity index (χ2v) is 6.55. The van der Waals surface area contributed by atoms with E-state index in [1.54, 1.807) is 41.0 Å². The van der Waals surface area contributed by atoms with Gasteiger partial charge in [-0.15, -0.1) is 6.58 Å². The molecule has 0 saturated heterocycles. The van der Waals surface area contributed by atoms with Crippen molar-refractivity contribution >= 4 is 34.3 Å². The van der Waals surface area contributed by atoms with Gasteiger partial charge in [-0.05, 0) is 35.9 Å². The molecule has 0 aliphatic carbocycles. The molecule has 0 amide bonds. The molecule has 2 aromatic carbocycles. The van der Waals surface area contributed by atoms with Crippen LogP contribution in [0.2, 0.25) is 5.02 Å². The van der Waals surface area contributed by atoms with Crippen LogP contribution >= 0.6 is 23.4 Å². The van der Waals surface area contributed by atoms with Crippen molar-refractivity contribution in [1.29, 1.82) is 0 Å². The number of rotatable bonds is 5. The number of allylic oxidation sites excluding steroid dienone is 1. The fraction of sp³-hybridized carbons (Fsp3) is 0.111. The number of hydrogen-bond donors (Lipinski definition) is 0. The second-order valence-electron chi connectivity index (χ2n) is 5.18. The summed E-state index contributed by atoms with van der Waals surface area (Å²) in [4.78, 5) is 17.3. The molecule has 0 fully saturated rings. The third kappa shape index (κ3) is 3.52. The Hall–Kier alpha value is -2.11. The van der Waals surface area contributed by atoms with E-state index in [0.717, 1.165) is 5.56 Å². The summed E-state index contributed by atoms with van der Waals surface area (Å²) < 4.78 is 14.6. The minimum Gasteiger partial charge on any atom is -0.283 e. The van der Waals surface area contributed by atoms with Crippen LogP contribution in [-0.2, 0) is 12.3 Å². The summed E-state index contributed by atoms with van der Waals surface area (Å²) in [5, 5.41) is 1.58. The summed E-state index contributed by atoms with van der Waals surface area (Å²) >= 11 is 7.41. The van der Waals surface area contributed by atoms with E-state index in [9.17, 15) is 9.18 Å². The summed E-state index contributed by atoms with van der Waals surface area (Å²) in [7, 11) is 0. The highest BCUT2D eigenvalue weighted by Crippen LogP contribution is 2.23. The lowest BCUT2D eigenvalue weighted by atomic mass is 10.2. The summed E-state index contributed by atoms with van der Waals surface area (Å²) in [5.41, 5.74) is 1.41. The minimum atomic E-state index is -0.270. The predicted octanol–water partition coefficient (Wildman–Crippen LogP) is 4.67. The van der Waals surface area contributed by atoms with Gasteiger partial charge in [-0.1, -0.05) is 41.6 Å². The number of fused-ring (bicyclic) bond motifs is 1. The highest BCUT2D eigenvalue weighted by atomic mass is 35.5. The van der Waals surface area contributed by atoms with Crippen molar-refractivity contribution in [1.82, 2.24) is 9.55 Å². The average molecular weight is 361 g/mol. The Bertz CT molecular complexity index is 954. The summed E-state index contributed by atoms with van der Waals surface area (Å²) in [6.45, 7) is 4.06. The first-order chi connectivity index (χ1) is 11.6. The lowest BCUT2D eigenvalue weighted by molar-refractivity contribution is 0.627. The van der Waals surface area contributed by atoms with Crippen LogP contribution in [0.4, 0.5) is 4.39 Å². The Morgan fingerprint density at radius 3 is 2.71 bits per heavy atom. The van der Waals surface area contributed by atoms with E-state index >= 15 is 0 Å². The Morgan fingerprint density at radius 1 is 1.25 bits per heavy atom. The highest BCUT2D eigenvalue weighted by Gasteiger charge is 2.11. The molecule has 0 N–H and O–H groups in total. The van der Waals surface area contributed by atoms with Gasteiger partial charge in [0.2, 0.25) is 0 Å². The van der Waals surface area contributed by atoms with Gasteiger partial charge in [-0.2, -0.15) is 0 Å². The zero-order valence-corrected chi connectivity index (χ0v) is 14.3. The maximum absolute atomic E-state index is 13.0. The number of hydrogen-bond acceptors (Lipinski definition) is 3. The van der Waals surface area contributed by atoms with Crippen LogP contribution in [0.1, 0.15) is 5.56 Å². The van der Waals surface area contributed by atoms with E-state index in [1.165, 1.54) is 23.9 Å². The maximum Gasteiger partial charge on any atom is 0.262 e. The van der Waals surface area contributed by atoms with E-state index < -0.39 is 0 Å². The zero-order valence-electron chi connectivity index (χ0n) is 12.7. The number of halogens is 2. The van der Waals surface area contributed by atoms with Crippen molar-refractivity contribution in [2.24, 2.45) is 0 Å². The summed E-state index contributed by atoms with van der Waals surface area (Å²) in [6.07, 6.45) is 1.65. The fourth-order valence-corrected chi connectivity index (χ4v) is 3.44. The number of aromatic nitrogens is 2. The van der Waals surface area contributed by atoms with Crippen molar-refractivity contribution in [2.45, 2.75) is 17.5 Å². The largest absolute Gasteiger partial charge is 0.283 e. The molecule has 0 aliphatic rings. The van der Waals surface area contributed by atoms with Gasteiger partial charge in [0.05, 0.1) is 10.9 Å². The van der Waals surface area contributed by atoms with Gasteiger partial charge in [0, 0.05) is 17.3 Å². The van der Waals surface area contributed by atoms with E-state index in [0.29, 0.717) is 33.4 Å². The molecule has 24 heavy (non-hydrogen) atoms. The lowest BCUT2D eigenvalue weighted by Gasteiger charge is -2.11. The third-order valence-corrected chi connectivity index (χ3v) is 4.76. The number of thioether (sulfide) groups is 1. The predicted molar refractivity (Wildman–Crippen MR) is 97.2 cm³/mol. The van der Waals surface area contributed by atoms with E-state index in [1.807, 2.05) is 0 Å². The molecule has 0 aliphatic heterocycles. The average Bonchev–Trinajstić information content (AvgIpc) is 2.58. The SMILES string of the molecule is C=CCn1c(SCc2ccc(F)cc2)nc2ccc(Cl)cc2c1=O. The van der Waals surface area contributed by atoms with Crippen molar-refractivity contribution < 1.29 is 4.39 Å². The minimum absolute atomic E-state index is 0.149. The molecule has 3 rings (SSSR count). The maximum atomic E-state index is 13.0. The molecule has 0 unspecified atom stereocenters. The lowest BCUT2D eigenvalue weighted by Crippen LogP contribution is -2.22. The van der Waals surface area contributed by atoms with Gasteiger partial charge < -0.3 is 0 Å². The standard InChI is InChI=1S/C18H14ClFN2OS/c1-2-9-22-17(23)15-10-13(19)5-8-16(15)21-18(22)24-11-12-3-6-14(20)7-4-12/h2-8,10H,1,9,11H2. The highest BCUT2D eigenvalue weighted by molar-refractivity contribution is 7.98. The van der Waals surface area contributed by atoms with Crippen LogP contribution in [0.25, 0.3) is 10.9 Å². The Labute approximate surface area is 147 Å². The smallest absolute Gasteiger partial charge is 0.262 e. The van der Waals surface area contributed by atoms with Crippen molar-refractivity contribution in [3.63, 3.8) is 0 Å². The normalized spacial score (nSPS) is 10.9. The molecule has 0 radical (unpaired) electrons. The summed E-state index contributed by atoms with van der Waals surface area (Å²) in [6, 6.07) is 11.4. The van der Waals surface area contributed by atoms with E-state index in [2.05, 4.69) is 11.6 Å². The molecule has 122 valence electrons. The molecule has 1 heterocycles. The topological polar surface area (TPSA) is 34.9 Å². The van der Waals surface area contributed by atoms with Gasteiger partial charge >= 0.3 is 0 Å². The van der Waals surface area contributed by atoms with E-state index in [-0.39, 0.29) is 11.4 Å². The van der Waals surface area contributed by atoms with Crippen LogP contribution in [0.5, 0.6) is 0 Å². The van der Waals surface area contributed by atoms with Crippen LogP contribution in [0.3, 0.4) is 0 Å². The first kappa shape index (κ1) is 16.7. The molecule has 1 aromatic heterocycles. The molecule has 3 nitrogen and oxygen atoms in total. The molecular formula is C18H14ClFN2OS. The number of nitrogens with zero attached hydrogens (tertiary/aromatic N) is 2. The quantitative estimate of drug-likeness (QED) is 0.377. The van der Waals surface area contributed by atoms with Crippen molar-refractivity contribution in [2.75, 3.05) is 0 Å². The molecule has 0 bridgehead atoms. The van der Waals surface area contributed by atoms with E-state index in [4.69, 9.17) is 11.6 Å². The molecule has 3 aromatic rings. The fourth-order valence-electron chi connectivity index (χ4n) is 2.30. The number of benzene rings is 2. The monoisotopic (exact) mass is 360 g/mol. The van der Waals surface area contributed by atoms with Gasteiger partial charge in [-0.3, -0.25) is 9.36 Å². The first-order valence-electron chi connectivity index (χ1n) is 7.26. The molecular weight excluding hydrogens is 347 g/mol. The zero-order chi connectivity index (χ0) is 17.1. The Kier molecular flexibility index (Phi) is 5.02. The van der Waals surface area contributed by atoms with Crippen molar-refractivity contribution in [3.8, 4) is 0 Å². The molecule has 6 heteroatoms. The second kappa shape index (κ2) is 7.20. The van der Waals surface area contributed by atoms with Gasteiger partial charge in [0.15, 0.2) is 5.16 Å². The molecule has 0 atom stereocenters. The van der Waals surface area contributed by atoms with Gasteiger partial charge in [0.25, 0.3) is 5.56 Å². The van der Waals surface area contributed by atoms with Gasteiger partial charge in [0.1, 0.15) is 5.82 Å². The summed E-state index contributed by atoms with van der Waals surface area (Å²) in [5.74, 6) is 0.316. The Morgan fingerprint density at radius 2 is 2.00 bits per heavy atom. The van der Waals surface area contributed by atoms with Crippen molar-refractivity contribution in [3.05, 3.63) is 81.9 Å². The van der Waals surface area contributed by atoms with Crippen LogP contribution in [0, 0.1) is 5.82 Å². The van der Waals surface area contributed by atoms with Crippen LogP contribution < -0.4 is 5.56 Å². The first-order valence-corrected chi connectivity index (χ1v) is 8.63.